The number of carbonyl (C=O) groups excluding carboxylic acids is 1. The first-order valence-corrected chi connectivity index (χ1v) is 9.43. The van der Waals surface area contributed by atoms with E-state index < -0.39 is 21.7 Å². The molecule has 124 valence electrons. The van der Waals surface area contributed by atoms with Crippen molar-refractivity contribution in [3.8, 4) is 0 Å². The number of sulfonamides is 1. The third kappa shape index (κ3) is 4.21. The van der Waals surface area contributed by atoms with Gasteiger partial charge >= 0.3 is 6.09 Å². The number of hydrogen-bond donors (Lipinski definition) is 1. The second-order valence-corrected chi connectivity index (χ2v) is 9.48. The fourth-order valence-corrected chi connectivity index (χ4v) is 4.23. The van der Waals surface area contributed by atoms with Crippen LogP contribution in [-0.4, -0.2) is 32.1 Å². The van der Waals surface area contributed by atoms with Gasteiger partial charge in [0.05, 0.1) is 6.04 Å². The molecule has 0 bridgehead atoms. The van der Waals surface area contributed by atoms with E-state index in [2.05, 4.69) is 0 Å². The van der Waals surface area contributed by atoms with E-state index in [-0.39, 0.29) is 10.3 Å². The molecule has 1 atom stereocenters. The van der Waals surface area contributed by atoms with Gasteiger partial charge in [-0.15, -0.1) is 11.3 Å². The number of hydrogen-bond acceptors (Lipinski definition) is 5. The Bertz CT molecular complexity index is 657. The van der Waals surface area contributed by atoms with Gasteiger partial charge in [0.2, 0.25) is 10.0 Å². The molecule has 1 fully saturated rings. The lowest BCUT2D eigenvalue weighted by atomic mass is 10.1. The summed E-state index contributed by atoms with van der Waals surface area (Å²) in [6.07, 6.45) is 1.62. The van der Waals surface area contributed by atoms with Crippen molar-refractivity contribution in [1.29, 1.82) is 0 Å². The number of thiophene rings is 1. The number of primary sulfonamides is 1. The van der Waals surface area contributed by atoms with Crippen LogP contribution in [0.15, 0.2) is 16.3 Å². The Balaban J connectivity index is 2.23. The van der Waals surface area contributed by atoms with Crippen LogP contribution in [0, 0.1) is 5.92 Å². The molecular weight excluding hydrogens is 324 g/mol. The Hall–Kier alpha value is -1.12. The first-order valence-electron chi connectivity index (χ1n) is 7.07. The van der Waals surface area contributed by atoms with E-state index in [1.807, 2.05) is 20.8 Å². The summed E-state index contributed by atoms with van der Waals surface area (Å²) in [4.78, 5) is 14.7. The predicted molar refractivity (Wildman–Crippen MR) is 85.2 cm³/mol. The molecule has 0 aliphatic heterocycles. The van der Waals surface area contributed by atoms with Gasteiger partial charge < -0.3 is 9.64 Å². The Morgan fingerprint density at radius 3 is 2.41 bits per heavy atom. The molecule has 22 heavy (non-hydrogen) atoms. The molecule has 1 aromatic heterocycles. The minimum atomic E-state index is -3.71. The van der Waals surface area contributed by atoms with Crippen molar-refractivity contribution in [3.63, 3.8) is 0 Å². The van der Waals surface area contributed by atoms with Gasteiger partial charge in [0.1, 0.15) is 9.81 Å². The SMILES string of the molecule is CN(C(=O)OC(C)(C)C)[C@@H](c1ccc(S(N)(=O)=O)s1)C1CC1. The zero-order valence-corrected chi connectivity index (χ0v) is 14.8. The maximum atomic E-state index is 12.3. The van der Waals surface area contributed by atoms with Crippen LogP contribution >= 0.6 is 11.3 Å². The van der Waals surface area contributed by atoms with Crippen LogP contribution in [0.25, 0.3) is 0 Å². The standard InChI is InChI=1S/C14H22N2O4S2/c1-14(2,3)20-13(17)16(4)12(9-5-6-9)10-7-8-11(21-10)22(15,18)19/h7-9,12H,5-6H2,1-4H3,(H2,15,18,19)/t12-/m1/s1. The normalized spacial score (nSPS) is 17.1. The van der Waals surface area contributed by atoms with Crippen molar-refractivity contribution in [2.75, 3.05) is 7.05 Å². The highest BCUT2D eigenvalue weighted by molar-refractivity contribution is 7.91. The highest BCUT2D eigenvalue weighted by atomic mass is 32.2. The number of ether oxygens (including phenoxy) is 1. The first-order chi connectivity index (χ1) is 9.99. The van der Waals surface area contributed by atoms with E-state index in [1.54, 1.807) is 18.0 Å². The van der Waals surface area contributed by atoms with Crippen molar-refractivity contribution in [1.82, 2.24) is 4.90 Å². The van der Waals surface area contributed by atoms with Gasteiger partial charge in [0, 0.05) is 11.9 Å². The van der Waals surface area contributed by atoms with E-state index in [0.717, 1.165) is 29.1 Å². The molecule has 0 aromatic carbocycles. The fraction of sp³-hybridized carbons (Fsp3) is 0.643. The van der Waals surface area contributed by atoms with Crippen LogP contribution in [0.1, 0.15) is 44.5 Å². The average molecular weight is 346 g/mol. The molecule has 6 nitrogen and oxygen atoms in total. The second-order valence-electron chi connectivity index (χ2n) is 6.58. The van der Waals surface area contributed by atoms with Crippen molar-refractivity contribution < 1.29 is 17.9 Å². The van der Waals surface area contributed by atoms with Gasteiger partial charge in [-0.2, -0.15) is 0 Å². The lowest BCUT2D eigenvalue weighted by Crippen LogP contribution is -2.37. The maximum absolute atomic E-state index is 12.3. The summed E-state index contributed by atoms with van der Waals surface area (Å²) in [7, 11) is -2.02. The second kappa shape index (κ2) is 5.82. The smallest absolute Gasteiger partial charge is 0.410 e. The summed E-state index contributed by atoms with van der Waals surface area (Å²) in [6, 6.07) is 3.05. The lowest BCUT2D eigenvalue weighted by molar-refractivity contribution is 0.0202. The van der Waals surface area contributed by atoms with Gasteiger partial charge in [0.15, 0.2) is 0 Å². The van der Waals surface area contributed by atoms with Crippen LogP contribution in [-0.2, 0) is 14.8 Å². The Morgan fingerprint density at radius 1 is 1.41 bits per heavy atom. The van der Waals surface area contributed by atoms with Crippen LogP contribution in [0.5, 0.6) is 0 Å². The van der Waals surface area contributed by atoms with Gasteiger partial charge in [-0.25, -0.2) is 18.4 Å². The Kier molecular flexibility index (Phi) is 4.56. The summed E-state index contributed by atoms with van der Waals surface area (Å²) in [5, 5.41) is 5.16. The van der Waals surface area contributed by atoms with Gasteiger partial charge in [-0.1, -0.05) is 0 Å². The van der Waals surface area contributed by atoms with Crippen LogP contribution in [0.4, 0.5) is 4.79 Å². The average Bonchev–Trinajstić information content (AvgIpc) is 3.02. The lowest BCUT2D eigenvalue weighted by Gasteiger charge is -2.30. The predicted octanol–water partition coefficient (Wildman–Crippen LogP) is 2.71. The number of carbonyl (C=O) groups is 1. The zero-order valence-electron chi connectivity index (χ0n) is 13.2. The maximum Gasteiger partial charge on any atom is 0.410 e. The number of amides is 1. The molecule has 0 spiro atoms. The van der Waals surface area contributed by atoms with Gasteiger partial charge in [0.25, 0.3) is 0 Å². The minimum Gasteiger partial charge on any atom is -0.444 e. The largest absolute Gasteiger partial charge is 0.444 e. The van der Waals surface area contributed by atoms with Crippen molar-refractivity contribution in [2.24, 2.45) is 11.1 Å². The van der Waals surface area contributed by atoms with Gasteiger partial charge in [-0.05, 0) is 51.7 Å². The van der Waals surface area contributed by atoms with E-state index >= 15 is 0 Å². The van der Waals surface area contributed by atoms with Gasteiger partial charge in [-0.3, -0.25) is 0 Å². The summed E-state index contributed by atoms with van der Waals surface area (Å²) < 4.78 is 28.4. The fourth-order valence-electron chi connectivity index (χ4n) is 2.25. The van der Waals surface area contributed by atoms with E-state index in [0.29, 0.717) is 5.92 Å². The van der Waals surface area contributed by atoms with Crippen LogP contribution in [0.3, 0.4) is 0 Å². The third-order valence-corrected chi connectivity index (χ3v) is 5.94. The number of nitrogens with two attached hydrogens (primary N) is 1. The Labute approximate surface area is 135 Å². The molecule has 1 heterocycles. The van der Waals surface area contributed by atoms with Crippen LogP contribution in [0.2, 0.25) is 0 Å². The van der Waals surface area contributed by atoms with Crippen molar-refractivity contribution in [2.45, 2.75) is 49.5 Å². The summed E-state index contributed by atoms with van der Waals surface area (Å²) >= 11 is 1.12. The Morgan fingerprint density at radius 2 is 2.00 bits per heavy atom. The molecule has 1 aromatic rings. The topological polar surface area (TPSA) is 89.7 Å². The first kappa shape index (κ1) is 17.2. The quantitative estimate of drug-likeness (QED) is 0.907. The summed E-state index contributed by atoms with van der Waals surface area (Å²) in [6.45, 7) is 5.44. The van der Waals surface area contributed by atoms with Crippen molar-refractivity contribution in [3.05, 3.63) is 17.0 Å². The van der Waals surface area contributed by atoms with E-state index in [4.69, 9.17) is 9.88 Å². The number of nitrogens with zero attached hydrogens (tertiary/aromatic N) is 1. The molecule has 8 heteroatoms. The van der Waals surface area contributed by atoms with E-state index in [9.17, 15) is 13.2 Å². The highest BCUT2D eigenvalue weighted by Gasteiger charge is 2.39. The monoisotopic (exact) mass is 346 g/mol. The van der Waals surface area contributed by atoms with Crippen LogP contribution < -0.4 is 5.14 Å². The zero-order chi connectivity index (χ0) is 16.7. The third-order valence-electron chi connectivity index (χ3n) is 3.34. The summed E-state index contributed by atoms with van der Waals surface area (Å²) in [5.74, 6) is 0.337. The highest BCUT2D eigenvalue weighted by Crippen LogP contribution is 2.46. The molecule has 2 N–H and O–H groups in total. The van der Waals surface area contributed by atoms with Crippen molar-refractivity contribution >= 4 is 27.5 Å². The molecule has 1 aliphatic rings. The van der Waals surface area contributed by atoms with E-state index in [1.165, 1.54) is 6.07 Å². The molecule has 0 radical (unpaired) electrons. The molecule has 2 rings (SSSR count). The molecule has 1 aliphatic carbocycles. The molecule has 0 unspecified atom stereocenters. The molecule has 0 saturated heterocycles. The molecule has 1 saturated carbocycles. The number of rotatable bonds is 4. The molecular formula is C14H22N2O4S2. The molecule has 1 amide bonds. The summed E-state index contributed by atoms with van der Waals surface area (Å²) in [5.41, 5.74) is -0.569. The minimum absolute atomic E-state index is 0.116.